The topological polar surface area (TPSA) is 12.5 Å². The first kappa shape index (κ1) is 6.28. The van der Waals surface area contributed by atoms with Crippen molar-refractivity contribution < 1.29 is 4.74 Å². The SMILES string of the molecule is C=C1C=C2OC=CN2C=C1C. The van der Waals surface area contributed by atoms with Crippen molar-refractivity contribution in [1.82, 2.24) is 4.90 Å². The molecule has 0 fully saturated rings. The smallest absolute Gasteiger partial charge is 0.203 e. The molecule has 2 nitrogen and oxygen atoms in total. The molecule has 0 radical (unpaired) electrons. The van der Waals surface area contributed by atoms with Crippen LogP contribution in [0.1, 0.15) is 6.92 Å². The molecular formula is C9H9NO. The Balaban J connectivity index is 2.39. The Hall–Kier alpha value is -1.44. The van der Waals surface area contributed by atoms with E-state index < -0.39 is 0 Å². The van der Waals surface area contributed by atoms with E-state index in [-0.39, 0.29) is 0 Å². The van der Waals surface area contributed by atoms with Gasteiger partial charge in [0.25, 0.3) is 0 Å². The van der Waals surface area contributed by atoms with Crippen LogP contribution in [0.2, 0.25) is 0 Å². The number of allylic oxidation sites excluding steroid dienone is 3. The molecule has 56 valence electrons. The highest BCUT2D eigenvalue weighted by atomic mass is 16.5. The van der Waals surface area contributed by atoms with Gasteiger partial charge in [0, 0.05) is 18.5 Å². The highest BCUT2D eigenvalue weighted by Crippen LogP contribution is 2.25. The molecule has 0 saturated heterocycles. The fraction of sp³-hybridized carbons (Fsp3) is 0.111. The first-order valence-corrected chi connectivity index (χ1v) is 3.48. The first-order valence-electron chi connectivity index (χ1n) is 3.48. The van der Waals surface area contributed by atoms with Gasteiger partial charge in [0.1, 0.15) is 6.26 Å². The average molecular weight is 147 g/mol. The molecule has 2 heterocycles. The van der Waals surface area contributed by atoms with Crippen molar-refractivity contribution >= 4 is 0 Å². The van der Waals surface area contributed by atoms with Gasteiger partial charge in [-0.15, -0.1) is 0 Å². The van der Waals surface area contributed by atoms with Crippen LogP contribution in [0, 0.1) is 0 Å². The Morgan fingerprint density at radius 3 is 3.18 bits per heavy atom. The zero-order valence-electron chi connectivity index (χ0n) is 6.37. The van der Waals surface area contributed by atoms with Gasteiger partial charge in [-0.05, 0) is 18.1 Å². The molecule has 2 aliphatic rings. The van der Waals surface area contributed by atoms with E-state index in [0.29, 0.717) is 0 Å². The van der Waals surface area contributed by atoms with Gasteiger partial charge in [0.2, 0.25) is 5.88 Å². The molecule has 11 heavy (non-hydrogen) atoms. The second-order valence-corrected chi connectivity index (χ2v) is 2.63. The summed E-state index contributed by atoms with van der Waals surface area (Å²) >= 11 is 0. The van der Waals surface area contributed by atoms with Crippen LogP contribution >= 0.6 is 0 Å². The number of rotatable bonds is 0. The Morgan fingerprint density at radius 2 is 2.36 bits per heavy atom. The van der Waals surface area contributed by atoms with Gasteiger partial charge >= 0.3 is 0 Å². The van der Waals surface area contributed by atoms with Crippen molar-refractivity contribution in [2.45, 2.75) is 6.92 Å². The Kier molecular flexibility index (Phi) is 1.15. The van der Waals surface area contributed by atoms with Crippen molar-refractivity contribution in [3.63, 3.8) is 0 Å². The first-order chi connectivity index (χ1) is 5.27. The van der Waals surface area contributed by atoms with Crippen LogP contribution < -0.4 is 0 Å². The quantitative estimate of drug-likeness (QED) is 0.520. The molecule has 0 amide bonds. The van der Waals surface area contributed by atoms with Crippen LogP contribution in [0.3, 0.4) is 0 Å². The Labute approximate surface area is 65.8 Å². The van der Waals surface area contributed by atoms with E-state index in [0.717, 1.165) is 11.5 Å². The third kappa shape index (κ3) is 0.871. The fourth-order valence-electron chi connectivity index (χ4n) is 1.07. The zero-order valence-corrected chi connectivity index (χ0v) is 6.37. The zero-order chi connectivity index (χ0) is 7.84. The van der Waals surface area contributed by atoms with Crippen LogP contribution in [0.15, 0.2) is 48.3 Å². The molecule has 0 N–H and O–H groups in total. The van der Waals surface area contributed by atoms with Crippen molar-refractivity contribution in [2.24, 2.45) is 0 Å². The summed E-state index contributed by atoms with van der Waals surface area (Å²) in [6.45, 7) is 5.91. The monoisotopic (exact) mass is 147 g/mol. The van der Waals surface area contributed by atoms with E-state index in [1.54, 1.807) is 6.26 Å². The maximum atomic E-state index is 5.18. The number of hydrogen-bond acceptors (Lipinski definition) is 2. The second-order valence-electron chi connectivity index (χ2n) is 2.63. The Morgan fingerprint density at radius 1 is 1.55 bits per heavy atom. The van der Waals surface area contributed by atoms with Gasteiger partial charge in [-0.25, -0.2) is 0 Å². The molecule has 0 aromatic carbocycles. The lowest BCUT2D eigenvalue weighted by atomic mass is 10.1. The van der Waals surface area contributed by atoms with Gasteiger partial charge in [-0.1, -0.05) is 6.58 Å². The summed E-state index contributed by atoms with van der Waals surface area (Å²) in [4.78, 5) is 1.93. The van der Waals surface area contributed by atoms with E-state index >= 15 is 0 Å². The molecule has 0 aromatic rings. The number of nitrogens with zero attached hydrogens (tertiary/aromatic N) is 1. The predicted octanol–water partition coefficient (Wildman–Crippen LogP) is 2.10. The molecule has 0 unspecified atom stereocenters. The van der Waals surface area contributed by atoms with E-state index in [9.17, 15) is 0 Å². The average Bonchev–Trinajstić information content (AvgIpc) is 2.36. The van der Waals surface area contributed by atoms with Crippen molar-refractivity contribution in [1.29, 1.82) is 0 Å². The summed E-state index contributed by atoms with van der Waals surface area (Å²) in [7, 11) is 0. The summed E-state index contributed by atoms with van der Waals surface area (Å²) in [6, 6.07) is 0. The van der Waals surface area contributed by atoms with Crippen molar-refractivity contribution in [3.8, 4) is 0 Å². The van der Waals surface area contributed by atoms with Crippen molar-refractivity contribution in [2.75, 3.05) is 0 Å². The predicted molar refractivity (Wildman–Crippen MR) is 43.0 cm³/mol. The highest BCUT2D eigenvalue weighted by Gasteiger charge is 2.16. The summed E-state index contributed by atoms with van der Waals surface area (Å²) in [5, 5.41) is 0. The van der Waals surface area contributed by atoms with Crippen LogP contribution in [0.25, 0.3) is 0 Å². The minimum absolute atomic E-state index is 0.834. The molecule has 0 atom stereocenters. The van der Waals surface area contributed by atoms with Crippen LogP contribution in [-0.2, 0) is 4.74 Å². The maximum absolute atomic E-state index is 5.18. The minimum Gasteiger partial charge on any atom is -0.447 e. The number of fused-ring (bicyclic) bond motifs is 1. The maximum Gasteiger partial charge on any atom is 0.203 e. The normalized spacial score (nSPS) is 20.8. The molecule has 2 rings (SSSR count). The summed E-state index contributed by atoms with van der Waals surface area (Å²) in [5.74, 6) is 0.834. The lowest BCUT2D eigenvalue weighted by Crippen LogP contribution is -2.10. The number of hydrogen-bond donors (Lipinski definition) is 0. The summed E-state index contributed by atoms with van der Waals surface area (Å²) < 4.78 is 5.18. The van der Waals surface area contributed by atoms with Gasteiger partial charge in [0.05, 0.1) is 0 Å². The van der Waals surface area contributed by atoms with Gasteiger partial charge < -0.3 is 4.74 Å². The van der Waals surface area contributed by atoms with Gasteiger partial charge in [-0.3, -0.25) is 4.90 Å². The van der Waals surface area contributed by atoms with Gasteiger partial charge in [-0.2, -0.15) is 0 Å². The van der Waals surface area contributed by atoms with Crippen molar-refractivity contribution in [3.05, 3.63) is 48.3 Å². The summed E-state index contributed by atoms with van der Waals surface area (Å²) in [6.07, 6.45) is 7.46. The molecule has 0 bridgehead atoms. The highest BCUT2D eigenvalue weighted by molar-refractivity contribution is 5.41. The minimum atomic E-state index is 0.834. The van der Waals surface area contributed by atoms with Crippen LogP contribution in [0.4, 0.5) is 0 Å². The third-order valence-electron chi connectivity index (χ3n) is 1.80. The van der Waals surface area contributed by atoms with E-state index in [4.69, 9.17) is 4.74 Å². The van der Waals surface area contributed by atoms with E-state index in [1.165, 1.54) is 5.57 Å². The third-order valence-corrected chi connectivity index (χ3v) is 1.80. The standard InChI is InChI=1S/C9H9NO/c1-7-5-9-10(3-4-11-9)6-8(7)2/h3-6H,1H2,2H3. The van der Waals surface area contributed by atoms with E-state index in [1.807, 2.05) is 30.3 Å². The van der Waals surface area contributed by atoms with Crippen LogP contribution in [0.5, 0.6) is 0 Å². The van der Waals surface area contributed by atoms with E-state index in [2.05, 4.69) is 6.58 Å². The largest absolute Gasteiger partial charge is 0.447 e. The molecule has 2 heteroatoms. The molecule has 0 aliphatic carbocycles. The lowest BCUT2D eigenvalue weighted by Gasteiger charge is -2.18. The fourth-order valence-corrected chi connectivity index (χ4v) is 1.07. The molecule has 0 saturated carbocycles. The summed E-state index contributed by atoms with van der Waals surface area (Å²) in [5.41, 5.74) is 2.18. The molecule has 0 aromatic heterocycles. The Bertz CT molecular complexity index is 297. The lowest BCUT2D eigenvalue weighted by molar-refractivity contribution is 0.304. The second kappa shape index (κ2) is 2.02. The van der Waals surface area contributed by atoms with Gasteiger partial charge in [0.15, 0.2) is 0 Å². The number of ether oxygens (including phenoxy) is 1. The van der Waals surface area contributed by atoms with Crippen LogP contribution in [-0.4, -0.2) is 4.90 Å². The molecule has 0 spiro atoms. The molecular weight excluding hydrogens is 138 g/mol. The molecule has 2 aliphatic heterocycles.